The average molecular weight is 304 g/mol. The second kappa shape index (κ2) is 5.23. The van der Waals surface area contributed by atoms with Crippen molar-refractivity contribution in [2.75, 3.05) is 0 Å². The Morgan fingerprint density at radius 2 is 1.29 bits per heavy atom. The van der Waals surface area contributed by atoms with Gasteiger partial charge in [0.05, 0.1) is 5.56 Å². The van der Waals surface area contributed by atoms with Gasteiger partial charge in [-0.05, 0) is 24.3 Å². The smallest absolute Gasteiger partial charge is 0.289 e. The molecule has 0 saturated heterocycles. The van der Waals surface area contributed by atoms with Gasteiger partial charge in [-0.15, -0.1) is 0 Å². The van der Waals surface area contributed by atoms with E-state index in [0.29, 0.717) is 24.3 Å². The molecule has 0 atom stereocenters. The maximum Gasteiger partial charge on any atom is 0.416 e. The monoisotopic (exact) mass is 304 g/mol. The first-order chi connectivity index (χ1) is 9.70. The van der Waals surface area contributed by atoms with Gasteiger partial charge in [0.2, 0.25) is 0 Å². The molecule has 2 aromatic carbocycles. The Labute approximate surface area is 114 Å². The standard InChI is InChI=1S/C14H6F6O/c15-10-5-8(6-11(16)12(10)17)13(21)7-1-3-9(4-2-7)14(18,19)20/h1-6H. The Bertz CT molecular complexity index is 665. The van der Waals surface area contributed by atoms with E-state index in [0.717, 1.165) is 12.1 Å². The fourth-order valence-electron chi connectivity index (χ4n) is 1.66. The van der Waals surface area contributed by atoms with Crippen LogP contribution in [0.2, 0.25) is 0 Å². The number of rotatable bonds is 2. The first kappa shape index (κ1) is 15.1. The van der Waals surface area contributed by atoms with Crippen molar-refractivity contribution in [3.05, 3.63) is 70.5 Å². The lowest BCUT2D eigenvalue weighted by molar-refractivity contribution is -0.137. The Morgan fingerprint density at radius 3 is 1.71 bits per heavy atom. The van der Waals surface area contributed by atoms with Gasteiger partial charge in [-0.3, -0.25) is 4.79 Å². The van der Waals surface area contributed by atoms with Crippen LogP contribution in [0.3, 0.4) is 0 Å². The summed E-state index contributed by atoms with van der Waals surface area (Å²) in [4.78, 5) is 11.9. The highest BCUT2D eigenvalue weighted by Gasteiger charge is 2.30. The van der Waals surface area contributed by atoms with Crippen LogP contribution in [0.4, 0.5) is 26.3 Å². The zero-order valence-electron chi connectivity index (χ0n) is 10.1. The molecule has 0 aliphatic heterocycles. The minimum atomic E-state index is -4.56. The molecule has 2 aromatic rings. The minimum absolute atomic E-state index is 0.201. The van der Waals surface area contributed by atoms with Crippen LogP contribution in [-0.2, 0) is 6.18 Å². The topological polar surface area (TPSA) is 17.1 Å². The molecule has 1 nitrogen and oxygen atoms in total. The molecule has 0 fully saturated rings. The molecule has 21 heavy (non-hydrogen) atoms. The van der Waals surface area contributed by atoms with E-state index in [9.17, 15) is 31.1 Å². The first-order valence-electron chi connectivity index (χ1n) is 5.56. The Hall–Kier alpha value is -2.31. The Morgan fingerprint density at radius 1 is 0.810 bits per heavy atom. The summed E-state index contributed by atoms with van der Waals surface area (Å²) in [6.07, 6.45) is -4.56. The minimum Gasteiger partial charge on any atom is -0.289 e. The second-order valence-corrected chi connectivity index (χ2v) is 4.16. The average Bonchev–Trinajstić information content (AvgIpc) is 2.42. The Kier molecular flexibility index (Phi) is 3.76. The molecule has 0 saturated carbocycles. The van der Waals surface area contributed by atoms with Crippen molar-refractivity contribution in [3.63, 3.8) is 0 Å². The number of ketones is 1. The molecule has 7 heteroatoms. The molecular weight excluding hydrogens is 298 g/mol. The zero-order chi connectivity index (χ0) is 15.8. The number of hydrogen-bond donors (Lipinski definition) is 0. The van der Waals surface area contributed by atoms with Gasteiger partial charge >= 0.3 is 6.18 Å². The second-order valence-electron chi connectivity index (χ2n) is 4.16. The van der Waals surface area contributed by atoms with E-state index < -0.39 is 40.5 Å². The summed E-state index contributed by atoms with van der Waals surface area (Å²) in [5, 5.41) is 0. The molecule has 0 heterocycles. The fraction of sp³-hybridized carbons (Fsp3) is 0.0714. The summed E-state index contributed by atoms with van der Waals surface area (Å²) in [7, 11) is 0. The lowest BCUT2D eigenvalue weighted by Gasteiger charge is -2.07. The van der Waals surface area contributed by atoms with Gasteiger partial charge in [-0.2, -0.15) is 13.2 Å². The molecule has 0 amide bonds. The summed E-state index contributed by atoms with van der Waals surface area (Å²) in [6.45, 7) is 0. The molecule has 0 bridgehead atoms. The summed E-state index contributed by atoms with van der Waals surface area (Å²) in [6, 6.07) is 4.07. The number of carbonyl (C=O) groups is 1. The number of hydrogen-bond acceptors (Lipinski definition) is 1. The summed E-state index contributed by atoms with van der Waals surface area (Å²) < 4.78 is 75.9. The quantitative estimate of drug-likeness (QED) is 0.458. The van der Waals surface area contributed by atoms with Crippen LogP contribution in [0.1, 0.15) is 21.5 Å². The van der Waals surface area contributed by atoms with E-state index in [2.05, 4.69) is 0 Å². The number of alkyl halides is 3. The third kappa shape index (κ3) is 3.07. The third-order valence-electron chi connectivity index (χ3n) is 2.72. The predicted molar refractivity (Wildman–Crippen MR) is 61.2 cm³/mol. The van der Waals surface area contributed by atoms with Crippen molar-refractivity contribution in [1.82, 2.24) is 0 Å². The lowest BCUT2D eigenvalue weighted by atomic mass is 10.0. The van der Waals surface area contributed by atoms with Gasteiger partial charge in [0.25, 0.3) is 0 Å². The third-order valence-corrected chi connectivity index (χ3v) is 2.72. The number of halogens is 6. The summed E-state index contributed by atoms with van der Waals surface area (Å²) >= 11 is 0. The molecule has 0 aliphatic carbocycles. The van der Waals surface area contributed by atoms with Crippen LogP contribution in [0, 0.1) is 17.5 Å². The van der Waals surface area contributed by atoms with Gasteiger partial charge in [0.15, 0.2) is 23.2 Å². The maximum atomic E-state index is 13.0. The van der Waals surface area contributed by atoms with Gasteiger partial charge in [0.1, 0.15) is 0 Å². The fourth-order valence-corrected chi connectivity index (χ4v) is 1.66. The summed E-state index contributed by atoms with van der Waals surface area (Å²) in [5.41, 5.74) is -1.66. The molecule has 0 aliphatic rings. The normalized spacial score (nSPS) is 11.5. The molecule has 0 spiro atoms. The van der Waals surface area contributed by atoms with Crippen LogP contribution in [0.25, 0.3) is 0 Å². The van der Waals surface area contributed by atoms with E-state index in [4.69, 9.17) is 0 Å². The highest BCUT2D eigenvalue weighted by atomic mass is 19.4. The predicted octanol–water partition coefficient (Wildman–Crippen LogP) is 4.35. The molecule has 0 aromatic heterocycles. The number of carbonyl (C=O) groups excluding carboxylic acids is 1. The molecule has 2 rings (SSSR count). The van der Waals surface area contributed by atoms with Crippen molar-refractivity contribution >= 4 is 5.78 Å². The van der Waals surface area contributed by atoms with Crippen molar-refractivity contribution in [3.8, 4) is 0 Å². The molecule has 0 radical (unpaired) electrons. The van der Waals surface area contributed by atoms with Crippen LogP contribution in [0.5, 0.6) is 0 Å². The highest BCUT2D eigenvalue weighted by Crippen LogP contribution is 2.29. The Balaban J connectivity index is 2.37. The first-order valence-corrected chi connectivity index (χ1v) is 5.56. The van der Waals surface area contributed by atoms with Crippen molar-refractivity contribution in [2.45, 2.75) is 6.18 Å². The number of benzene rings is 2. The molecule has 0 unspecified atom stereocenters. The zero-order valence-corrected chi connectivity index (χ0v) is 10.1. The lowest BCUT2D eigenvalue weighted by Crippen LogP contribution is -2.07. The van der Waals surface area contributed by atoms with E-state index in [1.54, 1.807) is 0 Å². The van der Waals surface area contributed by atoms with E-state index in [-0.39, 0.29) is 5.56 Å². The maximum absolute atomic E-state index is 13.0. The van der Waals surface area contributed by atoms with Crippen molar-refractivity contribution in [1.29, 1.82) is 0 Å². The van der Waals surface area contributed by atoms with Crippen LogP contribution in [0.15, 0.2) is 36.4 Å². The molecule has 110 valence electrons. The largest absolute Gasteiger partial charge is 0.416 e. The highest BCUT2D eigenvalue weighted by molar-refractivity contribution is 6.09. The van der Waals surface area contributed by atoms with E-state index in [1.165, 1.54) is 0 Å². The van der Waals surface area contributed by atoms with Crippen molar-refractivity contribution in [2.24, 2.45) is 0 Å². The van der Waals surface area contributed by atoms with Crippen LogP contribution >= 0.6 is 0 Å². The van der Waals surface area contributed by atoms with Crippen LogP contribution < -0.4 is 0 Å². The van der Waals surface area contributed by atoms with Crippen molar-refractivity contribution < 1.29 is 31.1 Å². The van der Waals surface area contributed by atoms with Crippen LogP contribution in [-0.4, -0.2) is 5.78 Å². The van der Waals surface area contributed by atoms with Gasteiger partial charge in [0, 0.05) is 11.1 Å². The SMILES string of the molecule is O=C(c1ccc(C(F)(F)F)cc1)c1cc(F)c(F)c(F)c1. The van der Waals surface area contributed by atoms with E-state index in [1.807, 2.05) is 0 Å². The molecular formula is C14H6F6O. The van der Waals surface area contributed by atoms with Gasteiger partial charge in [-0.1, -0.05) is 12.1 Å². The van der Waals surface area contributed by atoms with Gasteiger partial charge in [-0.25, -0.2) is 13.2 Å². The molecule has 0 N–H and O–H groups in total. The van der Waals surface area contributed by atoms with E-state index >= 15 is 0 Å². The van der Waals surface area contributed by atoms with Gasteiger partial charge < -0.3 is 0 Å². The summed E-state index contributed by atoms with van der Waals surface area (Å²) in [5.74, 6) is -5.74.